The SMILES string of the molecule is Cc1ccc(NC(=O)[C@@H](C)OCC(F)(F)F)cc1S(N)(=O)=O. The van der Waals surface area contributed by atoms with Crippen molar-refractivity contribution in [3.05, 3.63) is 23.8 Å². The number of anilines is 1. The molecule has 1 amide bonds. The maximum absolute atomic E-state index is 12.0. The van der Waals surface area contributed by atoms with Gasteiger partial charge in [-0.15, -0.1) is 0 Å². The molecule has 0 aliphatic rings. The Balaban J connectivity index is 2.81. The van der Waals surface area contributed by atoms with E-state index in [1.807, 2.05) is 0 Å². The zero-order valence-corrected chi connectivity index (χ0v) is 12.6. The highest BCUT2D eigenvalue weighted by molar-refractivity contribution is 7.89. The van der Waals surface area contributed by atoms with E-state index in [4.69, 9.17) is 5.14 Å². The molecule has 22 heavy (non-hydrogen) atoms. The largest absolute Gasteiger partial charge is 0.411 e. The Morgan fingerprint density at radius 1 is 1.41 bits per heavy atom. The molecule has 1 rings (SSSR count). The number of sulfonamides is 1. The Morgan fingerprint density at radius 3 is 2.50 bits per heavy atom. The third-order valence-corrected chi connectivity index (χ3v) is 3.68. The van der Waals surface area contributed by atoms with E-state index in [-0.39, 0.29) is 10.6 Å². The topological polar surface area (TPSA) is 98.5 Å². The average Bonchev–Trinajstić information content (AvgIpc) is 2.35. The predicted octanol–water partition coefficient (Wildman–Crippen LogP) is 1.55. The molecular weight excluding hydrogens is 325 g/mol. The number of amides is 1. The lowest BCUT2D eigenvalue weighted by Crippen LogP contribution is -2.31. The van der Waals surface area contributed by atoms with Crippen LogP contribution in [0, 0.1) is 6.92 Å². The van der Waals surface area contributed by atoms with Gasteiger partial charge >= 0.3 is 6.18 Å². The lowest BCUT2D eigenvalue weighted by atomic mass is 10.2. The maximum atomic E-state index is 12.0. The van der Waals surface area contributed by atoms with Gasteiger partial charge in [0.1, 0.15) is 12.7 Å². The number of nitrogens with two attached hydrogens (primary N) is 1. The third kappa shape index (κ3) is 5.62. The van der Waals surface area contributed by atoms with Crippen LogP contribution in [0.15, 0.2) is 23.1 Å². The molecule has 0 unspecified atom stereocenters. The van der Waals surface area contributed by atoms with Crippen molar-refractivity contribution in [1.82, 2.24) is 0 Å². The Bertz CT molecular complexity index is 659. The number of nitrogens with one attached hydrogen (secondary N) is 1. The highest BCUT2D eigenvalue weighted by Gasteiger charge is 2.30. The molecule has 0 aliphatic carbocycles. The molecule has 0 aliphatic heterocycles. The minimum absolute atomic E-state index is 0.0853. The van der Waals surface area contributed by atoms with Crippen LogP contribution in [0.3, 0.4) is 0 Å². The Labute approximate surface area is 125 Å². The first-order chi connectivity index (χ1) is 9.90. The van der Waals surface area contributed by atoms with Gasteiger partial charge in [-0.05, 0) is 31.5 Å². The normalized spacial score (nSPS) is 13.7. The second kappa shape index (κ2) is 6.63. The van der Waals surface area contributed by atoms with Crippen LogP contribution in [0.2, 0.25) is 0 Å². The molecular formula is C12H15F3N2O4S. The van der Waals surface area contributed by atoms with Gasteiger partial charge in [0.05, 0.1) is 4.90 Å². The van der Waals surface area contributed by atoms with Gasteiger partial charge in [0.15, 0.2) is 0 Å². The number of aryl methyl sites for hydroxylation is 1. The standard InChI is InChI=1S/C12H15F3N2O4S/c1-7-3-4-9(5-10(7)22(16,19)20)17-11(18)8(2)21-6-12(13,14)15/h3-5,8H,6H2,1-2H3,(H,17,18)(H2,16,19,20)/t8-/m1/s1. The second-order valence-electron chi connectivity index (χ2n) is 4.58. The monoisotopic (exact) mass is 340 g/mol. The first-order valence-electron chi connectivity index (χ1n) is 6.03. The van der Waals surface area contributed by atoms with E-state index < -0.39 is 34.8 Å². The quantitative estimate of drug-likeness (QED) is 0.849. The predicted molar refractivity (Wildman–Crippen MR) is 72.7 cm³/mol. The lowest BCUT2D eigenvalue weighted by Gasteiger charge is -2.15. The van der Waals surface area contributed by atoms with Crippen LogP contribution in [0.1, 0.15) is 12.5 Å². The molecule has 0 heterocycles. The van der Waals surface area contributed by atoms with E-state index in [0.29, 0.717) is 5.56 Å². The number of alkyl halides is 3. The fourth-order valence-electron chi connectivity index (χ4n) is 1.52. The summed E-state index contributed by atoms with van der Waals surface area (Å²) < 4.78 is 63.1. The third-order valence-electron chi connectivity index (χ3n) is 2.63. The Hall–Kier alpha value is -1.65. The van der Waals surface area contributed by atoms with Crippen LogP contribution < -0.4 is 10.5 Å². The summed E-state index contributed by atoms with van der Waals surface area (Å²) in [7, 11) is -3.97. The Kier molecular flexibility index (Phi) is 5.54. The number of primary sulfonamides is 1. The van der Waals surface area contributed by atoms with E-state index >= 15 is 0 Å². The highest BCUT2D eigenvalue weighted by Crippen LogP contribution is 2.20. The number of rotatable bonds is 5. The number of ether oxygens (including phenoxy) is 1. The van der Waals surface area contributed by atoms with Gasteiger partial charge in [-0.1, -0.05) is 6.07 Å². The minimum atomic E-state index is -4.54. The minimum Gasteiger partial charge on any atom is -0.359 e. The molecule has 10 heteroatoms. The number of hydrogen-bond acceptors (Lipinski definition) is 4. The van der Waals surface area contributed by atoms with Crippen LogP contribution in [-0.4, -0.2) is 33.2 Å². The number of carbonyl (C=O) groups is 1. The average molecular weight is 340 g/mol. The van der Waals surface area contributed by atoms with Crippen molar-refractivity contribution in [3.63, 3.8) is 0 Å². The molecule has 0 bridgehead atoms. The van der Waals surface area contributed by atoms with Gasteiger partial charge in [-0.25, -0.2) is 13.6 Å². The van der Waals surface area contributed by atoms with Gasteiger partial charge in [0.25, 0.3) is 5.91 Å². The molecule has 0 aromatic heterocycles. The fraction of sp³-hybridized carbons (Fsp3) is 0.417. The molecule has 0 saturated heterocycles. The van der Waals surface area contributed by atoms with Crippen LogP contribution in [0.5, 0.6) is 0 Å². The number of carbonyl (C=O) groups excluding carboxylic acids is 1. The van der Waals surface area contributed by atoms with Gasteiger partial charge in [-0.3, -0.25) is 4.79 Å². The van der Waals surface area contributed by atoms with Crippen molar-refractivity contribution in [3.8, 4) is 0 Å². The van der Waals surface area contributed by atoms with Crippen molar-refractivity contribution < 1.29 is 31.1 Å². The molecule has 0 saturated carbocycles. The van der Waals surface area contributed by atoms with Crippen molar-refractivity contribution in [1.29, 1.82) is 0 Å². The van der Waals surface area contributed by atoms with E-state index in [0.717, 1.165) is 13.0 Å². The smallest absolute Gasteiger partial charge is 0.359 e. The molecule has 124 valence electrons. The van der Waals surface area contributed by atoms with Crippen molar-refractivity contribution >= 4 is 21.6 Å². The summed E-state index contributed by atoms with van der Waals surface area (Å²) in [5.41, 5.74) is 0.462. The summed E-state index contributed by atoms with van der Waals surface area (Å²) >= 11 is 0. The van der Waals surface area contributed by atoms with Gasteiger partial charge in [0.2, 0.25) is 10.0 Å². The van der Waals surface area contributed by atoms with E-state index in [1.54, 1.807) is 0 Å². The molecule has 0 radical (unpaired) electrons. The van der Waals surface area contributed by atoms with E-state index in [2.05, 4.69) is 10.1 Å². The van der Waals surface area contributed by atoms with Crippen molar-refractivity contribution in [2.45, 2.75) is 31.0 Å². The lowest BCUT2D eigenvalue weighted by molar-refractivity contribution is -0.184. The van der Waals surface area contributed by atoms with Crippen molar-refractivity contribution in [2.24, 2.45) is 5.14 Å². The summed E-state index contributed by atoms with van der Waals surface area (Å²) in [4.78, 5) is 11.5. The zero-order valence-electron chi connectivity index (χ0n) is 11.8. The molecule has 0 spiro atoms. The van der Waals surface area contributed by atoms with Crippen LogP contribution in [0.4, 0.5) is 18.9 Å². The van der Waals surface area contributed by atoms with E-state index in [1.165, 1.54) is 19.1 Å². The molecule has 6 nitrogen and oxygen atoms in total. The summed E-state index contributed by atoms with van der Waals surface area (Å²) in [6, 6.07) is 3.94. The maximum Gasteiger partial charge on any atom is 0.411 e. The highest BCUT2D eigenvalue weighted by atomic mass is 32.2. The molecule has 1 aromatic carbocycles. The molecule has 0 fully saturated rings. The van der Waals surface area contributed by atoms with Crippen LogP contribution in [-0.2, 0) is 19.6 Å². The molecule has 1 atom stereocenters. The zero-order chi connectivity index (χ0) is 17.1. The summed E-state index contributed by atoms with van der Waals surface area (Å²) in [6.07, 6.45) is -5.90. The van der Waals surface area contributed by atoms with Gasteiger partial charge in [-0.2, -0.15) is 13.2 Å². The first kappa shape index (κ1) is 18.4. The number of hydrogen-bond donors (Lipinski definition) is 2. The van der Waals surface area contributed by atoms with Crippen LogP contribution >= 0.6 is 0 Å². The summed E-state index contributed by atoms with van der Waals surface area (Å²) in [5.74, 6) is -0.839. The first-order valence-corrected chi connectivity index (χ1v) is 7.57. The second-order valence-corrected chi connectivity index (χ2v) is 6.11. The van der Waals surface area contributed by atoms with Crippen molar-refractivity contribution in [2.75, 3.05) is 11.9 Å². The summed E-state index contributed by atoms with van der Waals surface area (Å²) in [6.45, 7) is 1.11. The Morgan fingerprint density at radius 2 is 2.00 bits per heavy atom. The molecule has 3 N–H and O–H groups in total. The number of benzene rings is 1. The van der Waals surface area contributed by atoms with E-state index in [9.17, 15) is 26.4 Å². The summed E-state index contributed by atoms with van der Waals surface area (Å²) in [5, 5.41) is 7.29. The van der Waals surface area contributed by atoms with Crippen LogP contribution in [0.25, 0.3) is 0 Å². The number of halogens is 3. The van der Waals surface area contributed by atoms with Gasteiger partial charge < -0.3 is 10.1 Å². The van der Waals surface area contributed by atoms with Gasteiger partial charge in [0, 0.05) is 5.69 Å². The molecule has 1 aromatic rings. The fourth-order valence-corrected chi connectivity index (χ4v) is 2.33.